The van der Waals surface area contributed by atoms with E-state index in [0.29, 0.717) is 0 Å². The van der Waals surface area contributed by atoms with Gasteiger partial charge in [-0.15, -0.1) is 0 Å². The molecule has 45 valence electrons. The molecule has 0 aromatic heterocycles. The summed E-state index contributed by atoms with van der Waals surface area (Å²) >= 11 is 0. The zero-order chi connectivity index (χ0) is 6.69. The summed E-state index contributed by atoms with van der Waals surface area (Å²) in [5.41, 5.74) is 2.49. The van der Waals surface area contributed by atoms with Crippen LogP contribution in [-0.2, 0) is 0 Å². The summed E-state index contributed by atoms with van der Waals surface area (Å²) in [6.45, 7) is 0. The minimum atomic E-state index is 0. The summed E-state index contributed by atoms with van der Waals surface area (Å²) in [7, 11) is 0. The van der Waals surface area contributed by atoms with Crippen LogP contribution in [0.5, 0.6) is 0 Å². The van der Waals surface area contributed by atoms with Crippen molar-refractivity contribution in [2.75, 3.05) is 0 Å². The number of aromatic nitrogens is 1. The third-order valence-electron chi connectivity index (χ3n) is 0.972. The Balaban J connectivity index is 0.000000120. The highest BCUT2D eigenvalue weighted by molar-refractivity contribution is 6.13. The number of hydrogen-bond donors (Lipinski definition) is 2. The molecule has 3 nitrogen and oxygen atoms in total. The molecule has 0 bridgehead atoms. The van der Waals surface area contributed by atoms with Crippen molar-refractivity contribution in [3.05, 3.63) is 18.3 Å². The van der Waals surface area contributed by atoms with Gasteiger partial charge in [-0.05, 0) is 12.1 Å². The third kappa shape index (κ3) is 1.52. The highest BCUT2D eigenvalue weighted by Gasteiger charge is 2.09. The third-order valence-corrected chi connectivity index (χ3v) is 0.972. The lowest BCUT2D eigenvalue weighted by Gasteiger charge is -1.50. The molecule has 2 N–H and O–H groups in total. The molecular formula is C5H5BNO2. The van der Waals surface area contributed by atoms with E-state index in [2.05, 4.69) is 11.1 Å². The maximum absolute atomic E-state index is 7.00. The van der Waals surface area contributed by atoms with Crippen LogP contribution in [0, 0.1) is 0 Å². The Morgan fingerprint density at radius 2 is 2.11 bits per heavy atom. The van der Waals surface area contributed by atoms with Crippen LogP contribution in [0.3, 0.4) is 0 Å². The van der Waals surface area contributed by atoms with Crippen LogP contribution in [-0.4, -0.2) is 22.7 Å². The molecule has 0 saturated carbocycles. The van der Waals surface area contributed by atoms with Crippen molar-refractivity contribution in [2.45, 2.75) is 0 Å². The summed E-state index contributed by atoms with van der Waals surface area (Å²) in [5, 5.41) is 14.0. The molecule has 0 aromatic carbocycles. The molecule has 0 atom stereocenters. The van der Waals surface area contributed by atoms with Crippen LogP contribution in [0.25, 0.3) is 11.3 Å². The fourth-order valence-electron chi connectivity index (χ4n) is 0.554. The van der Waals surface area contributed by atoms with Crippen molar-refractivity contribution in [1.29, 1.82) is 0 Å². The molecule has 0 aromatic rings. The largest absolute Gasteiger partial charge is 0.482 e. The van der Waals surface area contributed by atoms with Crippen LogP contribution in [0.2, 0.25) is 0 Å². The topological polar surface area (TPSA) is 53.4 Å². The Morgan fingerprint density at radius 3 is 2.22 bits per heavy atom. The van der Waals surface area contributed by atoms with Crippen molar-refractivity contribution in [1.82, 2.24) is 4.98 Å². The quantitative estimate of drug-likeness (QED) is 0.466. The Kier molecular flexibility index (Phi) is 1.82. The first-order valence-corrected chi connectivity index (χ1v) is 2.45. The van der Waals surface area contributed by atoms with Crippen LogP contribution in [0.4, 0.5) is 0 Å². The van der Waals surface area contributed by atoms with Gasteiger partial charge >= 0.3 is 7.69 Å². The lowest BCUT2D eigenvalue weighted by Crippen LogP contribution is -1.75. The summed E-state index contributed by atoms with van der Waals surface area (Å²) in [4.78, 5) is 3.95. The van der Waals surface area contributed by atoms with Crippen LogP contribution >= 0.6 is 0 Å². The molecule has 0 amide bonds. The average Bonchev–Trinajstić information content (AvgIpc) is 2.43. The van der Waals surface area contributed by atoms with Gasteiger partial charge in [0.15, 0.2) is 0 Å². The molecule has 0 saturated heterocycles. The number of rotatable bonds is 0. The maximum Gasteiger partial charge on any atom is 0.482 e. The molecule has 0 unspecified atom stereocenters. The van der Waals surface area contributed by atoms with Crippen molar-refractivity contribution in [2.24, 2.45) is 0 Å². The van der Waals surface area contributed by atoms with Gasteiger partial charge < -0.3 is 10.0 Å². The van der Waals surface area contributed by atoms with Crippen molar-refractivity contribution < 1.29 is 10.0 Å². The minimum Gasteiger partial charge on any atom is -0.429 e. The van der Waals surface area contributed by atoms with Gasteiger partial charge in [0.1, 0.15) is 0 Å². The molecule has 4 heteroatoms. The molecule has 2 aliphatic rings. The summed E-state index contributed by atoms with van der Waals surface area (Å²) < 4.78 is 0. The Hall–Kier alpha value is -0.865. The minimum absolute atomic E-state index is 0. The summed E-state index contributed by atoms with van der Waals surface area (Å²) in [5.74, 6) is 0. The van der Waals surface area contributed by atoms with Crippen LogP contribution in [0.15, 0.2) is 18.3 Å². The van der Waals surface area contributed by atoms with E-state index >= 15 is 0 Å². The fraction of sp³-hybridized carbons (Fsp3) is 0. The number of pyridine rings is 1. The molecule has 1 heterocycles. The van der Waals surface area contributed by atoms with Gasteiger partial charge in [-0.25, -0.2) is 0 Å². The smallest absolute Gasteiger partial charge is 0.429 e. The standard InChI is InChI=1S/C5H3N.BH2O2/c1-2-6-5-3-4(1)5;2-1-3/h1-3H;2-3H. The van der Waals surface area contributed by atoms with E-state index < -0.39 is 0 Å². The van der Waals surface area contributed by atoms with E-state index in [-0.39, 0.29) is 7.69 Å². The fourth-order valence-corrected chi connectivity index (χ4v) is 0.554. The molecule has 1 aliphatic carbocycles. The summed E-state index contributed by atoms with van der Waals surface area (Å²) in [6.07, 6.45) is 1.82. The predicted octanol–water partition coefficient (Wildman–Crippen LogP) is -0.433. The Labute approximate surface area is 53.3 Å². The zero-order valence-corrected chi connectivity index (χ0v) is 4.65. The second-order valence-corrected chi connectivity index (χ2v) is 1.55. The van der Waals surface area contributed by atoms with E-state index in [9.17, 15) is 0 Å². The van der Waals surface area contributed by atoms with E-state index in [1.165, 1.54) is 11.3 Å². The molecule has 0 spiro atoms. The van der Waals surface area contributed by atoms with Crippen LogP contribution in [0.1, 0.15) is 0 Å². The normalized spacial score (nSPS) is 9.11. The highest BCUT2D eigenvalue weighted by atomic mass is 16.4. The predicted molar refractivity (Wildman–Crippen MR) is 33.4 cm³/mol. The monoisotopic (exact) mass is 122 g/mol. The lowest BCUT2D eigenvalue weighted by molar-refractivity contribution is 0.448. The van der Waals surface area contributed by atoms with E-state index in [1.54, 1.807) is 0 Å². The first-order valence-electron chi connectivity index (χ1n) is 2.45. The van der Waals surface area contributed by atoms with Crippen molar-refractivity contribution >= 4 is 7.69 Å². The van der Waals surface area contributed by atoms with Crippen molar-refractivity contribution in [3.8, 4) is 11.3 Å². The van der Waals surface area contributed by atoms with Crippen molar-refractivity contribution in [3.63, 3.8) is 0 Å². The van der Waals surface area contributed by atoms with E-state index in [1.807, 2.05) is 12.3 Å². The second-order valence-electron chi connectivity index (χ2n) is 1.55. The van der Waals surface area contributed by atoms with Crippen LogP contribution < -0.4 is 0 Å². The molecule has 1 aliphatic heterocycles. The van der Waals surface area contributed by atoms with Gasteiger partial charge in [0.2, 0.25) is 0 Å². The molecule has 9 heavy (non-hydrogen) atoms. The van der Waals surface area contributed by atoms with E-state index in [0.717, 1.165) is 0 Å². The van der Waals surface area contributed by atoms with Gasteiger partial charge in [0.05, 0.1) is 5.69 Å². The maximum atomic E-state index is 7.00. The second kappa shape index (κ2) is 2.61. The van der Waals surface area contributed by atoms with Gasteiger partial charge in [-0.2, -0.15) is 0 Å². The first kappa shape index (κ1) is 6.26. The van der Waals surface area contributed by atoms with Gasteiger partial charge in [0, 0.05) is 11.8 Å². The van der Waals surface area contributed by atoms with Gasteiger partial charge in [-0.3, -0.25) is 4.98 Å². The molecule has 2 rings (SSSR count). The molecule has 0 fully saturated rings. The highest BCUT2D eigenvalue weighted by Crippen LogP contribution is 2.29. The lowest BCUT2D eigenvalue weighted by atomic mass is 10.5. The SMILES string of the molecule is O[B]O.c1cc2cc-2n1. The molecular weight excluding hydrogens is 117 g/mol. The summed E-state index contributed by atoms with van der Waals surface area (Å²) in [6, 6.07) is 4.06. The molecule has 1 radical (unpaired) electrons. The zero-order valence-electron chi connectivity index (χ0n) is 4.65. The van der Waals surface area contributed by atoms with Gasteiger partial charge in [0.25, 0.3) is 0 Å². The number of fused-ring (bicyclic) bond motifs is 1. The number of nitrogens with zero attached hydrogens (tertiary/aromatic N) is 1. The average molecular weight is 122 g/mol. The Bertz CT molecular complexity index is 187. The first-order chi connectivity index (χ1) is 4.38. The number of hydrogen-bond acceptors (Lipinski definition) is 3. The Morgan fingerprint density at radius 1 is 1.44 bits per heavy atom. The van der Waals surface area contributed by atoms with Gasteiger partial charge in [-0.1, -0.05) is 0 Å². The van der Waals surface area contributed by atoms with E-state index in [4.69, 9.17) is 10.0 Å².